The van der Waals surface area contributed by atoms with Crippen molar-refractivity contribution in [3.05, 3.63) is 88.5 Å². The topological polar surface area (TPSA) is 15.6 Å². The highest BCUT2D eigenvalue weighted by molar-refractivity contribution is 5.67. The smallest absolute Gasteiger partial charge is 0.0912 e. The highest BCUT2D eigenvalue weighted by Gasteiger charge is 2.08. The number of aliphatic imine (C=N–C) groups is 1. The number of benzene rings is 3. The highest BCUT2D eigenvalue weighted by atomic mass is 15.1. The fraction of sp³-hybridized carbons (Fsp3) is 0.321. The van der Waals surface area contributed by atoms with Crippen LogP contribution in [0.15, 0.2) is 65.7 Å². The Morgan fingerprint density at radius 2 is 1.53 bits per heavy atom. The summed E-state index contributed by atoms with van der Waals surface area (Å²) in [6.45, 7) is 8.82. The van der Waals surface area contributed by atoms with Crippen LogP contribution in [-0.4, -0.2) is 24.3 Å². The number of hydrogen-bond acceptors (Lipinski definition) is 1. The lowest BCUT2D eigenvalue weighted by Gasteiger charge is -2.24. The van der Waals surface area contributed by atoms with Gasteiger partial charge in [-0.3, -0.25) is 0 Å². The Balaban J connectivity index is 1.48. The van der Waals surface area contributed by atoms with Gasteiger partial charge in [0, 0.05) is 13.1 Å². The summed E-state index contributed by atoms with van der Waals surface area (Å²) in [5.74, 6) is 0. The molecule has 0 saturated carbocycles. The molecule has 2 nitrogen and oxygen atoms in total. The van der Waals surface area contributed by atoms with Gasteiger partial charge in [-0.2, -0.15) is 0 Å². The van der Waals surface area contributed by atoms with E-state index in [1.807, 2.05) is 6.34 Å². The van der Waals surface area contributed by atoms with Crippen molar-refractivity contribution in [2.75, 3.05) is 13.1 Å². The summed E-state index contributed by atoms with van der Waals surface area (Å²) >= 11 is 0. The monoisotopic (exact) mass is 396 g/mol. The van der Waals surface area contributed by atoms with Crippen LogP contribution in [0.5, 0.6) is 0 Å². The molecule has 1 heterocycles. The molecule has 4 rings (SSSR count). The van der Waals surface area contributed by atoms with Crippen molar-refractivity contribution >= 4 is 12.0 Å². The summed E-state index contributed by atoms with van der Waals surface area (Å²) in [7, 11) is 0. The van der Waals surface area contributed by atoms with Crippen LogP contribution in [0, 0.1) is 20.8 Å². The third-order valence-corrected chi connectivity index (χ3v) is 6.21. The maximum atomic E-state index is 4.79. The molecule has 3 aromatic rings. The van der Waals surface area contributed by atoms with E-state index in [1.54, 1.807) is 0 Å². The number of rotatable bonds is 5. The lowest BCUT2D eigenvalue weighted by molar-refractivity contribution is 0.351. The zero-order valence-corrected chi connectivity index (χ0v) is 18.5. The molecular formula is C28H32N2. The molecule has 2 heteroatoms. The molecule has 30 heavy (non-hydrogen) atoms. The zero-order chi connectivity index (χ0) is 20.9. The summed E-state index contributed by atoms with van der Waals surface area (Å²) in [6, 6.07) is 22.1. The molecular weight excluding hydrogens is 364 g/mol. The second-order valence-electron chi connectivity index (χ2n) is 8.59. The predicted molar refractivity (Wildman–Crippen MR) is 129 cm³/mol. The van der Waals surface area contributed by atoms with Crippen molar-refractivity contribution in [1.29, 1.82) is 0 Å². The Kier molecular flexibility index (Phi) is 6.32. The Hall–Kier alpha value is -2.87. The number of piperidine rings is 1. The summed E-state index contributed by atoms with van der Waals surface area (Å²) in [5, 5.41) is 0. The van der Waals surface area contributed by atoms with Crippen molar-refractivity contribution in [2.45, 2.75) is 46.5 Å². The van der Waals surface area contributed by atoms with E-state index in [9.17, 15) is 0 Å². The van der Waals surface area contributed by atoms with E-state index in [1.165, 1.54) is 58.2 Å². The van der Waals surface area contributed by atoms with Crippen LogP contribution in [0.1, 0.15) is 47.1 Å². The van der Waals surface area contributed by atoms with Crippen LogP contribution in [-0.2, 0) is 6.42 Å². The third kappa shape index (κ3) is 4.81. The van der Waals surface area contributed by atoms with Crippen molar-refractivity contribution in [3.8, 4) is 11.1 Å². The molecule has 0 N–H and O–H groups in total. The van der Waals surface area contributed by atoms with Crippen LogP contribution in [0.3, 0.4) is 0 Å². The molecule has 0 radical (unpaired) electrons. The van der Waals surface area contributed by atoms with Gasteiger partial charge in [0.15, 0.2) is 0 Å². The van der Waals surface area contributed by atoms with Gasteiger partial charge in [0.1, 0.15) is 0 Å². The number of nitrogens with zero attached hydrogens (tertiary/aromatic N) is 2. The Labute approximate surface area is 181 Å². The highest BCUT2D eigenvalue weighted by Crippen LogP contribution is 2.27. The molecule has 0 spiro atoms. The largest absolute Gasteiger partial charge is 0.363 e. The molecule has 154 valence electrons. The average molecular weight is 397 g/mol. The first-order chi connectivity index (χ1) is 14.6. The molecule has 1 saturated heterocycles. The van der Waals surface area contributed by atoms with Gasteiger partial charge in [0.25, 0.3) is 0 Å². The predicted octanol–water partition coefficient (Wildman–Crippen LogP) is 7.02. The SMILES string of the molecule is Cc1cc(/N=C/N2CCCCC2)c(C)cc1Cc1ccc(-c2ccccc2C)cc1. The second kappa shape index (κ2) is 9.30. The first kappa shape index (κ1) is 20.4. The van der Waals surface area contributed by atoms with E-state index >= 15 is 0 Å². The fourth-order valence-corrected chi connectivity index (χ4v) is 4.29. The van der Waals surface area contributed by atoms with Crippen LogP contribution in [0.25, 0.3) is 11.1 Å². The average Bonchev–Trinajstić information content (AvgIpc) is 2.77. The lowest BCUT2D eigenvalue weighted by atomic mass is 9.95. The summed E-state index contributed by atoms with van der Waals surface area (Å²) in [4.78, 5) is 7.14. The molecule has 0 atom stereocenters. The molecule has 0 bridgehead atoms. The lowest BCUT2D eigenvalue weighted by Crippen LogP contribution is -2.28. The number of likely N-dealkylation sites (tertiary alicyclic amines) is 1. The maximum Gasteiger partial charge on any atom is 0.0912 e. The van der Waals surface area contributed by atoms with E-state index in [-0.39, 0.29) is 0 Å². The third-order valence-electron chi connectivity index (χ3n) is 6.21. The van der Waals surface area contributed by atoms with E-state index in [0.717, 1.165) is 25.2 Å². The zero-order valence-electron chi connectivity index (χ0n) is 18.5. The number of hydrogen-bond donors (Lipinski definition) is 0. The van der Waals surface area contributed by atoms with Crippen molar-refractivity contribution in [1.82, 2.24) is 4.90 Å². The second-order valence-corrected chi connectivity index (χ2v) is 8.59. The molecule has 0 amide bonds. The van der Waals surface area contributed by atoms with Crippen molar-refractivity contribution in [2.24, 2.45) is 4.99 Å². The van der Waals surface area contributed by atoms with E-state index in [2.05, 4.69) is 86.3 Å². The Morgan fingerprint density at radius 3 is 2.27 bits per heavy atom. The number of aryl methyl sites for hydroxylation is 3. The minimum Gasteiger partial charge on any atom is -0.363 e. The maximum absolute atomic E-state index is 4.79. The van der Waals surface area contributed by atoms with Gasteiger partial charge in [0.2, 0.25) is 0 Å². The first-order valence-electron chi connectivity index (χ1n) is 11.1. The van der Waals surface area contributed by atoms with Gasteiger partial charge >= 0.3 is 0 Å². The van der Waals surface area contributed by atoms with Gasteiger partial charge in [-0.25, -0.2) is 4.99 Å². The van der Waals surface area contributed by atoms with E-state index in [4.69, 9.17) is 4.99 Å². The summed E-state index contributed by atoms with van der Waals surface area (Å²) < 4.78 is 0. The molecule has 1 fully saturated rings. The molecule has 0 aliphatic carbocycles. The first-order valence-corrected chi connectivity index (χ1v) is 11.1. The standard InChI is InChI=1S/C28H32N2/c1-21-9-5-6-10-27(21)25-13-11-24(12-14-25)19-26-17-23(3)28(18-22(26)2)29-20-30-15-7-4-8-16-30/h5-6,9-14,17-18,20H,4,7-8,15-16,19H2,1-3H3/b29-20+. The van der Waals surface area contributed by atoms with E-state index in [0.29, 0.717) is 0 Å². The summed E-state index contributed by atoms with van der Waals surface area (Å²) in [6.07, 6.45) is 6.92. The van der Waals surface area contributed by atoms with Crippen LogP contribution < -0.4 is 0 Å². The molecule has 0 unspecified atom stereocenters. The molecule has 0 aromatic heterocycles. The fourth-order valence-electron chi connectivity index (χ4n) is 4.29. The van der Waals surface area contributed by atoms with Gasteiger partial charge in [-0.05, 0) is 91.5 Å². The van der Waals surface area contributed by atoms with Crippen molar-refractivity contribution < 1.29 is 0 Å². The summed E-state index contributed by atoms with van der Waals surface area (Å²) in [5.41, 5.74) is 10.3. The molecule has 1 aliphatic heterocycles. The molecule has 3 aromatic carbocycles. The van der Waals surface area contributed by atoms with E-state index < -0.39 is 0 Å². The van der Waals surface area contributed by atoms with Crippen LogP contribution >= 0.6 is 0 Å². The van der Waals surface area contributed by atoms with Crippen LogP contribution in [0.2, 0.25) is 0 Å². The van der Waals surface area contributed by atoms with Gasteiger partial charge in [-0.1, -0.05) is 54.6 Å². The molecule has 1 aliphatic rings. The Bertz CT molecular complexity index is 1030. The van der Waals surface area contributed by atoms with Crippen LogP contribution in [0.4, 0.5) is 5.69 Å². The minimum absolute atomic E-state index is 0.955. The Morgan fingerprint density at radius 1 is 0.800 bits per heavy atom. The van der Waals surface area contributed by atoms with Gasteiger partial charge < -0.3 is 4.90 Å². The minimum atomic E-state index is 0.955. The quantitative estimate of drug-likeness (QED) is 0.334. The normalized spacial score (nSPS) is 14.4. The van der Waals surface area contributed by atoms with Crippen molar-refractivity contribution in [3.63, 3.8) is 0 Å². The van der Waals surface area contributed by atoms with Gasteiger partial charge in [0.05, 0.1) is 12.0 Å². The van der Waals surface area contributed by atoms with Gasteiger partial charge in [-0.15, -0.1) is 0 Å².